The fourth-order valence-electron chi connectivity index (χ4n) is 22.3. The minimum absolute atomic E-state index is 1.22. The maximum Gasteiger partial charge on any atom is -0.00259 e. The lowest BCUT2D eigenvalue weighted by atomic mass is 9.87. The van der Waals surface area contributed by atoms with E-state index in [0.29, 0.717) is 0 Å². The minimum Gasteiger partial charge on any atom is -0.0616 e. The van der Waals surface area contributed by atoms with Crippen molar-refractivity contribution in [2.75, 3.05) is 0 Å². The molecule has 0 saturated carbocycles. The van der Waals surface area contributed by atoms with Crippen molar-refractivity contribution in [1.82, 2.24) is 0 Å². The highest BCUT2D eigenvalue weighted by Gasteiger charge is 2.21. The Morgan fingerprint density at radius 2 is 0.268 bits per heavy atom. The van der Waals surface area contributed by atoms with Crippen LogP contribution in [-0.2, 0) is 0 Å². The Morgan fingerprint density at radius 3 is 0.609 bits per heavy atom. The molecule has 0 radical (unpaired) electrons. The van der Waals surface area contributed by atoms with Crippen LogP contribution in [0, 0.1) is 0 Å². The molecule has 28 aromatic carbocycles. The second-order valence-electron chi connectivity index (χ2n) is 36.6. The number of hydrogen-bond acceptors (Lipinski definition) is 0. The second-order valence-corrected chi connectivity index (χ2v) is 36.6. The number of hydrogen-bond donors (Lipinski definition) is 0. The topological polar surface area (TPSA) is 0 Å². The van der Waals surface area contributed by atoms with Crippen molar-refractivity contribution < 1.29 is 0 Å². The van der Waals surface area contributed by atoms with Crippen molar-refractivity contribution in [1.29, 1.82) is 0 Å². The molecule has 0 spiro atoms. The van der Waals surface area contributed by atoms with Crippen LogP contribution in [0.2, 0.25) is 0 Å². The summed E-state index contributed by atoms with van der Waals surface area (Å²) in [4.78, 5) is 0. The van der Waals surface area contributed by atoms with E-state index in [1.807, 2.05) is 0 Å². The normalized spacial score (nSPS) is 11.6. The van der Waals surface area contributed by atoms with E-state index >= 15 is 0 Å². The van der Waals surface area contributed by atoms with E-state index in [1.165, 1.54) is 273 Å². The van der Waals surface area contributed by atoms with E-state index in [0.717, 1.165) is 0 Å². The van der Waals surface area contributed by atoms with Gasteiger partial charge >= 0.3 is 0 Å². The third-order valence-corrected chi connectivity index (χ3v) is 28.9. The van der Waals surface area contributed by atoms with Crippen molar-refractivity contribution in [2.24, 2.45) is 0 Å². The summed E-state index contributed by atoms with van der Waals surface area (Å²) >= 11 is 0. The zero-order valence-corrected chi connectivity index (χ0v) is 75.8. The van der Waals surface area contributed by atoms with Gasteiger partial charge in [0.25, 0.3) is 0 Å². The molecule has 28 aromatic rings. The Kier molecular flexibility index (Phi) is 20.1. The molecule has 0 heteroatoms. The summed E-state index contributed by atoms with van der Waals surface area (Å²) in [7, 11) is 0. The summed E-state index contributed by atoms with van der Waals surface area (Å²) in [5.41, 5.74) is 24.9. The molecule has 0 N–H and O–H groups in total. The molecule has 0 unspecified atom stereocenters. The molecule has 0 amide bonds. The predicted molar refractivity (Wildman–Crippen MR) is 596 cm³/mol. The molecule has 0 fully saturated rings. The van der Waals surface area contributed by atoms with E-state index in [1.54, 1.807) is 0 Å². The SMILES string of the molecule is c1ccc2c(-c3ccc(-c4cc5cc(-c6ccc(-c7cccc8ccccc78)cc6)c6ccccc6c5c5ccccc45)cc3)cccc2c1.c1ccc2c(c1)cc(-c1ccc(-c3cc4ccc5ccccc5c4c4ccccc34)cc1)c1ccccc12.c1ccc2cc(-c3ccc(-c4cc5cc(-c6ccc(-c7cccc8ccccc78)cc6)c6ccccc6c5c5ccccc45)cc3)ccc2c1. The molecule has 0 aliphatic rings. The summed E-state index contributed by atoms with van der Waals surface area (Å²) in [6.45, 7) is 0. The van der Waals surface area contributed by atoms with Gasteiger partial charge in [0, 0.05) is 0 Å². The summed E-state index contributed by atoms with van der Waals surface area (Å²) in [6.07, 6.45) is 0. The predicted octanol–water partition coefficient (Wildman–Crippen LogP) is 39.0. The van der Waals surface area contributed by atoms with Crippen LogP contribution in [0.1, 0.15) is 0 Å². The van der Waals surface area contributed by atoms with Crippen LogP contribution in [-0.4, -0.2) is 0 Å². The first-order valence-electron chi connectivity index (χ1n) is 47.9. The molecule has 0 saturated heterocycles. The Morgan fingerprint density at radius 1 is 0.0725 bits per heavy atom. The molecule has 0 aliphatic heterocycles. The number of fused-ring (bicyclic) bond motifs is 22. The van der Waals surface area contributed by atoms with Crippen molar-refractivity contribution in [3.05, 3.63) is 534 Å². The molecule has 0 aromatic heterocycles. The van der Waals surface area contributed by atoms with E-state index < -0.39 is 0 Å². The van der Waals surface area contributed by atoms with Gasteiger partial charge in [0.1, 0.15) is 0 Å². The Bertz CT molecular complexity index is 9500. The average Bonchev–Trinajstić information content (AvgIpc) is 0.648. The molecule has 0 heterocycles. The molecule has 0 aliphatic carbocycles. The minimum atomic E-state index is 1.22. The van der Waals surface area contributed by atoms with Crippen LogP contribution in [0.4, 0.5) is 0 Å². The van der Waals surface area contributed by atoms with Crippen molar-refractivity contribution in [2.45, 2.75) is 0 Å². The molecule has 138 heavy (non-hydrogen) atoms. The van der Waals surface area contributed by atoms with Crippen molar-refractivity contribution >= 4 is 162 Å². The highest BCUT2D eigenvalue weighted by atomic mass is 14.3. The largest absolute Gasteiger partial charge is 0.0616 e. The molecular weight excluding hydrogens is 1660 g/mol. The van der Waals surface area contributed by atoms with Gasteiger partial charge in [-0.25, -0.2) is 0 Å². The van der Waals surface area contributed by atoms with Crippen LogP contribution < -0.4 is 0 Å². The molecule has 28 rings (SSSR count). The van der Waals surface area contributed by atoms with Gasteiger partial charge in [-0.3, -0.25) is 0 Å². The van der Waals surface area contributed by atoms with Crippen LogP contribution >= 0.6 is 0 Å². The standard InChI is InChI=1S/2C50H32.C38H24/c1-3-15-40-33(11-1)13-9-21-42(40)35-23-27-37(28-24-35)48-31-39-32-49(45-18-6-8-20-47(45)50(39)46-19-7-5-17-44(46)48)38-29-25-36(26-30-38)43-22-10-14-34-12-2-4-16-41(34)43;1-2-12-39-30-40(29-22-33(39)10-1)34-20-23-37(24-21-34)48-31-41-32-49(45-16-6-8-18-47(45)50(41)46-17-7-5-15-44(46)48)38-27-25-36(26-28-38)43-19-9-13-35-11-3-4-14-42(35)43;1-4-12-31-25(9-1)21-22-29-24-37(34-15-7-8-16-35(34)38(29)31)27-19-17-26(18-20-27)36-23-28-10-2-3-11-30(28)32-13-5-6-14-33(32)36/h2*1-32H;1-24H. The van der Waals surface area contributed by atoms with Crippen molar-refractivity contribution in [3.63, 3.8) is 0 Å². The molecule has 640 valence electrons. The third-order valence-electron chi connectivity index (χ3n) is 28.9. The molecule has 0 nitrogen and oxygen atoms in total. The first-order valence-corrected chi connectivity index (χ1v) is 47.9. The lowest BCUT2D eigenvalue weighted by Gasteiger charge is -2.17. The van der Waals surface area contributed by atoms with Crippen LogP contribution in [0.5, 0.6) is 0 Å². The van der Waals surface area contributed by atoms with E-state index in [4.69, 9.17) is 0 Å². The Balaban J connectivity index is 0.000000108. The Labute approximate surface area is 800 Å². The van der Waals surface area contributed by atoms with Crippen LogP contribution in [0.25, 0.3) is 273 Å². The summed E-state index contributed by atoms with van der Waals surface area (Å²) in [5.74, 6) is 0. The lowest BCUT2D eigenvalue weighted by molar-refractivity contribution is 1.62. The first kappa shape index (κ1) is 80.9. The van der Waals surface area contributed by atoms with Gasteiger partial charge in [0.05, 0.1) is 0 Å². The first-order chi connectivity index (χ1) is 68.4. The monoisotopic (exact) mass is 1740 g/mol. The van der Waals surface area contributed by atoms with Gasteiger partial charge in [-0.2, -0.15) is 0 Å². The van der Waals surface area contributed by atoms with Gasteiger partial charge in [0.15, 0.2) is 0 Å². The fourth-order valence-corrected chi connectivity index (χ4v) is 22.3. The van der Waals surface area contributed by atoms with Gasteiger partial charge in [-0.15, -0.1) is 0 Å². The summed E-state index contributed by atoms with van der Waals surface area (Å²) < 4.78 is 0. The zero-order chi connectivity index (χ0) is 91.1. The molecule has 0 atom stereocenters. The van der Waals surface area contributed by atoms with E-state index in [-0.39, 0.29) is 0 Å². The summed E-state index contributed by atoms with van der Waals surface area (Å²) in [5, 5.41) is 38.5. The molecule has 0 bridgehead atoms. The van der Waals surface area contributed by atoms with Crippen LogP contribution in [0.3, 0.4) is 0 Å². The lowest BCUT2D eigenvalue weighted by Crippen LogP contribution is -1.89. The van der Waals surface area contributed by atoms with Crippen molar-refractivity contribution in [3.8, 4) is 111 Å². The third kappa shape index (κ3) is 14.3. The molecular formula is C138H88. The highest BCUT2D eigenvalue weighted by Crippen LogP contribution is 2.49. The van der Waals surface area contributed by atoms with Gasteiger partial charge in [-0.05, 0) is 315 Å². The smallest absolute Gasteiger partial charge is 0.00259 e. The highest BCUT2D eigenvalue weighted by molar-refractivity contribution is 6.29. The Hall–Kier alpha value is -17.9. The zero-order valence-electron chi connectivity index (χ0n) is 75.8. The van der Waals surface area contributed by atoms with Gasteiger partial charge in [-0.1, -0.05) is 491 Å². The fraction of sp³-hybridized carbons (Fsp3) is 0. The van der Waals surface area contributed by atoms with E-state index in [2.05, 4.69) is 534 Å². The quantitative estimate of drug-likeness (QED) is 0.120. The number of rotatable bonds is 10. The van der Waals surface area contributed by atoms with E-state index in [9.17, 15) is 0 Å². The average molecular weight is 1750 g/mol. The van der Waals surface area contributed by atoms with Crippen LogP contribution in [0.15, 0.2) is 534 Å². The van der Waals surface area contributed by atoms with Gasteiger partial charge < -0.3 is 0 Å². The van der Waals surface area contributed by atoms with Gasteiger partial charge in [0.2, 0.25) is 0 Å². The maximum atomic E-state index is 2.41. The summed E-state index contributed by atoms with van der Waals surface area (Å²) in [6, 6.07) is 196. The number of benzene rings is 28. The second kappa shape index (κ2) is 34.3. The maximum absolute atomic E-state index is 2.41.